The first-order valence-corrected chi connectivity index (χ1v) is 10.5. The van der Waals surface area contributed by atoms with Gasteiger partial charge in [0, 0.05) is 24.8 Å². The van der Waals surface area contributed by atoms with Gasteiger partial charge in [0.25, 0.3) is 5.91 Å². The average Bonchev–Trinajstić information content (AvgIpc) is 3.28. The maximum absolute atomic E-state index is 13.6. The summed E-state index contributed by atoms with van der Waals surface area (Å²) in [6.07, 6.45) is 2.23. The second kappa shape index (κ2) is 6.55. The van der Waals surface area contributed by atoms with E-state index in [1.807, 2.05) is 22.6 Å². The second-order valence-corrected chi connectivity index (χ2v) is 9.99. The fraction of sp³-hybridized carbons (Fsp3) is 0.682. The molecule has 2 aliphatic rings. The number of carbonyl (C=O) groups is 1. The van der Waals surface area contributed by atoms with Crippen molar-refractivity contribution in [1.29, 1.82) is 0 Å². The Morgan fingerprint density at radius 1 is 1.25 bits per heavy atom. The lowest BCUT2D eigenvalue weighted by Crippen LogP contribution is -2.33. The molecule has 1 aliphatic heterocycles. The Hall–Kier alpha value is -1.95. The van der Waals surface area contributed by atoms with Crippen molar-refractivity contribution in [2.45, 2.75) is 71.9 Å². The van der Waals surface area contributed by atoms with Crippen LogP contribution in [-0.4, -0.2) is 44.7 Å². The third-order valence-corrected chi connectivity index (χ3v) is 6.49. The van der Waals surface area contributed by atoms with Crippen molar-refractivity contribution < 1.29 is 4.79 Å². The molecule has 3 unspecified atom stereocenters. The maximum atomic E-state index is 13.6. The monoisotopic (exact) mass is 383 g/mol. The molecule has 6 nitrogen and oxygen atoms in total. The topological polar surface area (TPSA) is 77.0 Å². The van der Waals surface area contributed by atoms with Gasteiger partial charge in [0.2, 0.25) is 0 Å². The number of nitrogens with two attached hydrogens (primary N) is 1. The number of aromatic nitrogens is 3. The van der Waals surface area contributed by atoms with Gasteiger partial charge in [0.05, 0.1) is 22.2 Å². The number of amides is 1. The molecule has 2 aromatic rings. The standard InChI is InChI=1S/C22H33N5O/c1-12(2)18-9-15(19-13(3)25-27(20(19)24-18)22(4,5)6)21(28)26-10-14-7-8-17(23)16(14)11-26/h9,12,14,16-17H,7-8,10-11,23H2,1-6H3. The van der Waals surface area contributed by atoms with Crippen molar-refractivity contribution in [3.63, 3.8) is 0 Å². The van der Waals surface area contributed by atoms with Crippen molar-refractivity contribution in [3.05, 3.63) is 23.0 Å². The van der Waals surface area contributed by atoms with E-state index in [-0.39, 0.29) is 23.4 Å². The number of rotatable bonds is 2. The average molecular weight is 384 g/mol. The molecule has 152 valence electrons. The van der Waals surface area contributed by atoms with Gasteiger partial charge in [-0.05, 0) is 64.4 Å². The fourth-order valence-electron chi connectivity index (χ4n) is 4.88. The van der Waals surface area contributed by atoms with Crippen LogP contribution >= 0.6 is 0 Å². The molecule has 1 amide bonds. The minimum absolute atomic E-state index is 0.104. The van der Waals surface area contributed by atoms with Crippen LogP contribution in [0.2, 0.25) is 0 Å². The summed E-state index contributed by atoms with van der Waals surface area (Å²) in [6.45, 7) is 14.2. The van der Waals surface area contributed by atoms with E-state index in [4.69, 9.17) is 15.8 Å². The smallest absolute Gasteiger partial charge is 0.254 e. The molecule has 0 bridgehead atoms. The normalized spacial score (nSPS) is 25.1. The summed E-state index contributed by atoms with van der Waals surface area (Å²) < 4.78 is 1.97. The third-order valence-electron chi connectivity index (χ3n) is 6.49. The van der Waals surface area contributed by atoms with Gasteiger partial charge in [-0.3, -0.25) is 4.79 Å². The number of nitrogens with zero attached hydrogens (tertiary/aromatic N) is 4. The van der Waals surface area contributed by atoms with E-state index in [2.05, 4.69) is 34.6 Å². The van der Waals surface area contributed by atoms with E-state index in [1.54, 1.807) is 0 Å². The van der Waals surface area contributed by atoms with Crippen molar-refractivity contribution in [2.24, 2.45) is 17.6 Å². The Morgan fingerprint density at radius 3 is 2.57 bits per heavy atom. The predicted molar refractivity (Wildman–Crippen MR) is 111 cm³/mol. The molecular weight excluding hydrogens is 350 g/mol. The Morgan fingerprint density at radius 2 is 1.96 bits per heavy atom. The van der Waals surface area contributed by atoms with Crippen LogP contribution in [0.3, 0.4) is 0 Å². The third kappa shape index (κ3) is 3.02. The highest BCUT2D eigenvalue weighted by atomic mass is 16.2. The zero-order valence-electron chi connectivity index (χ0n) is 18.0. The zero-order valence-corrected chi connectivity index (χ0v) is 18.0. The molecule has 0 spiro atoms. The van der Waals surface area contributed by atoms with Crippen LogP contribution in [0.15, 0.2) is 6.07 Å². The first-order valence-electron chi connectivity index (χ1n) is 10.5. The van der Waals surface area contributed by atoms with Gasteiger partial charge in [0.1, 0.15) is 0 Å². The van der Waals surface area contributed by atoms with Gasteiger partial charge in [-0.25, -0.2) is 9.67 Å². The molecule has 1 aliphatic carbocycles. The van der Waals surface area contributed by atoms with E-state index in [0.29, 0.717) is 11.8 Å². The van der Waals surface area contributed by atoms with Crippen LogP contribution in [0.5, 0.6) is 0 Å². The van der Waals surface area contributed by atoms with Gasteiger partial charge in [-0.15, -0.1) is 0 Å². The van der Waals surface area contributed by atoms with E-state index in [1.165, 1.54) is 0 Å². The maximum Gasteiger partial charge on any atom is 0.254 e. The van der Waals surface area contributed by atoms with E-state index < -0.39 is 0 Å². The number of carbonyl (C=O) groups excluding carboxylic acids is 1. The van der Waals surface area contributed by atoms with Gasteiger partial charge in [-0.1, -0.05) is 13.8 Å². The van der Waals surface area contributed by atoms with Gasteiger partial charge in [-0.2, -0.15) is 5.10 Å². The van der Waals surface area contributed by atoms with E-state index >= 15 is 0 Å². The number of fused-ring (bicyclic) bond motifs is 2. The molecule has 3 atom stereocenters. The molecule has 2 aromatic heterocycles. The fourth-order valence-corrected chi connectivity index (χ4v) is 4.88. The van der Waals surface area contributed by atoms with Crippen molar-refractivity contribution in [1.82, 2.24) is 19.7 Å². The lowest BCUT2D eigenvalue weighted by Gasteiger charge is -2.22. The summed E-state index contributed by atoms with van der Waals surface area (Å²) in [5.74, 6) is 1.35. The molecule has 3 heterocycles. The summed E-state index contributed by atoms with van der Waals surface area (Å²) in [5.41, 5.74) is 9.46. The van der Waals surface area contributed by atoms with Gasteiger partial charge >= 0.3 is 0 Å². The van der Waals surface area contributed by atoms with Crippen molar-refractivity contribution in [2.75, 3.05) is 13.1 Å². The van der Waals surface area contributed by atoms with Crippen LogP contribution in [0.25, 0.3) is 11.0 Å². The van der Waals surface area contributed by atoms with Crippen LogP contribution < -0.4 is 5.73 Å². The number of pyridine rings is 1. The molecule has 0 radical (unpaired) electrons. The highest BCUT2D eigenvalue weighted by Gasteiger charge is 2.43. The minimum Gasteiger partial charge on any atom is -0.338 e. The van der Waals surface area contributed by atoms with Crippen molar-refractivity contribution >= 4 is 16.9 Å². The largest absolute Gasteiger partial charge is 0.338 e. The first-order chi connectivity index (χ1) is 13.1. The molecule has 2 N–H and O–H groups in total. The summed E-state index contributed by atoms with van der Waals surface area (Å²) in [6, 6.07) is 2.22. The first kappa shape index (κ1) is 19.4. The Bertz CT molecular complexity index is 923. The summed E-state index contributed by atoms with van der Waals surface area (Å²) in [5, 5.41) is 5.66. The van der Waals surface area contributed by atoms with E-state index in [0.717, 1.165) is 53.9 Å². The van der Waals surface area contributed by atoms with Gasteiger partial charge < -0.3 is 10.6 Å². The summed E-state index contributed by atoms with van der Waals surface area (Å²) >= 11 is 0. The van der Waals surface area contributed by atoms with E-state index in [9.17, 15) is 4.79 Å². The predicted octanol–water partition coefficient (Wildman–Crippen LogP) is 3.43. The molecule has 4 rings (SSSR count). The van der Waals surface area contributed by atoms with Crippen molar-refractivity contribution in [3.8, 4) is 0 Å². The SMILES string of the molecule is Cc1nn(C(C)(C)C)c2nc(C(C)C)cc(C(=O)N3CC4CCC(N)C4C3)c12. The zero-order chi connectivity index (χ0) is 20.4. The Kier molecular flexibility index (Phi) is 4.53. The summed E-state index contributed by atoms with van der Waals surface area (Å²) in [7, 11) is 0. The Balaban J connectivity index is 1.82. The summed E-state index contributed by atoms with van der Waals surface area (Å²) in [4.78, 5) is 20.5. The molecule has 2 fully saturated rings. The highest BCUT2D eigenvalue weighted by Crippen LogP contribution is 2.38. The Labute approximate surface area is 167 Å². The number of hydrogen-bond donors (Lipinski definition) is 1. The molecule has 1 saturated carbocycles. The van der Waals surface area contributed by atoms with Crippen LogP contribution in [-0.2, 0) is 5.54 Å². The highest BCUT2D eigenvalue weighted by molar-refractivity contribution is 6.06. The number of hydrogen-bond acceptors (Lipinski definition) is 4. The number of likely N-dealkylation sites (tertiary alicyclic amines) is 1. The van der Waals surface area contributed by atoms with Crippen LogP contribution in [0, 0.1) is 18.8 Å². The van der Waals surface area contributed by atoms with Crippen LogP contribution in [0.4, 0.5) is 0 Å². The lowest BCUT2D eigenvalue weighted by molar-refractivity contribution is 0.0781. The molecule has 1 saturated heterocycles. The molecule has 28 heavy (non-hydrogen) atoms. The van der Waals surface area contributed by atoms with Gasteiger partial charge in [0.15, 0.2) is 5.65 Å². The quantitative estimate of drug-likeness (QED) is 0.862. The van der Waals surface area contributed by atoms with Crippen LogP contribution in [0.1, 0.15) is 75.1 Å². The lowest BCUT2D eigenvalue weighted by atomic mass is 9.98. The molecule has 0 aromatic carbocycles. The molecular formula is C22H33N5O. The second-order valence-electron chi connectivity index (χ2n) is 9.99. The number of aryl methyl sites for hydroxylation is 1. The molecule has 6 heteroatoms. The minimum atomic E-state index is -0.202.